The number of carbonyl (C=O) groups is 3. The lowest BCUT2D eigenvalue weighted by atomic mass is 9.80. The normalized spacial score (nSPS) is 15.6. The molecule has 0 spiro atoms. The second kappa shape index (κ2) is 6.46. The number of hydrogen-bond acceptors (Lipinski definition) is 5. The summed E-state index contributed by atoms with van der Waals surface area (Å²) in [5, 5.41) is 9.21. The van der Waals surface area contributed by atoms with E-state index < -0.39 is 23.4 Å². The highest BCUT2D eigenvalue weighted by atomic mass is 16.6. The van der Waals surface area contributed by atoms with Gasteiger partial charge < -0.3 is 19.5 Å². The number of carbonyl (C=O) groups excluding carboxylic acids is 2. The molecule has 0 radical (unpaired) electrons. The van der Waals surface area contributed by atoms with E-state index in [1.54, 1.807) is 6.92 Å². The van der Waals surface area contributed by atoms with Crippen molar-refractivity contribution in [2.75, 3.05) is 19.7 Å². The van der Waals surface area contributed by atoms with Gasteiger partial charge in [0.05, 0.1) is 19.7 Å². The molecule has 0 aromatic heterocycles. The molecule has 1 fully saturated rings. The fourth-order valence-corrected chi connectivity index (χ4v) is 2.17. The van der Waals surface area contributed by atoms with Crippen LogP contribution in [-0.2, 0) is 25.7 Å². The SMILES string of the molecule is CCOC(=O)C1(C(=O)O)CN(C(=O)OCc2ccccc2)C1. The zero-order chi connectivity index (χ0) is 16.2. The number of carboxylic acid groups (broad SMARTS) is 1. The third-order valence-electron chi connectivity index (χ3n) is 3.46. The van der Waals surface area contributed by atoms with Gasteiger partial charge in [-0.1, -0.05) is 30.3 Å². The van der Waals surface area contributed by atoms with E-state index >= 15 is 0 Å². The Morgan fingerprint density at radius 3 is 2.36 bits per heavy atom. The van der Waals surface area contributed by atoms with Crippen LogP contribution in [0.2, 0.25) is 0 Å². The monoisotopic (exact) mass is 307 g/mol. The van der Waals surface area contributed by atoms with E-state index in [2.05, 4.69) is 0 Å². The Bertz CT molecular complexity index is 565. The molecular formula is C15H17NO6. The molecule has 1 N–H and O–H groups in total. The summed E-state index contributed by atoms with van der Waals surface area (Å²) in [5.41, 5.74) is -0.854. The fourth-order valence-electron chi connectivity index (χ4n) is 2.17. The minimum Gasteiger partial charge on any atom is -0.480 e. The Kier molecular flexibility index (Phi) is 4.65. The smallest absolute Gasteiger partial charge is 0.410 e. The molecule has 7 nitrogen and oxygen atoms in total. The van der Waals surface area contributed by atoms with Gasteiger partial charge in [0.1, 0.15) is 6.61 Å². The number of nitrogens with zero attached hydrogens (tertiary/aromatic N) is 1. The molecular weight excluding hydrogens is 290 g/mol. The minimum absolute atomic E-state index is 0.0896. The largest absolute Gasteiger partial charge is 0.480 e. The number of carboxylic acids is 1. The third-order valence-corrected chi connectivity index (χ3v) is 3.46. The van der Waals surface area contributed by atoms with Gasteiger partial charge in [-0.25, -0.2) is 4.79 Å². The van der Waals surface area contributed by atoms with Crippen molar-refractivity contribution in [3.63, 3.8) is 0 Å². The molecule has 1 amide bonds. The van der Waals surface area contributed by atoms with Crippen LogP contribution >= 0.6 is 0 Å². The van der Waals surface area contributed by atoms with Crippen LogP contribution in [0.25, 0.3) is 0 Å². The van der Waals surface area contributed by atoms with Crippen molar-refractivity contribution in [2.24, 2.45) is 5.41 Å². The Morgan fingerprint density at radius 2 is 1.82 bits per heavy atom. The van der Waals surface area contributed by atoms with E-state index in [1.807, 2.05) is 30.3 Å². The molecule has 7 heteroatoms. The number of amides is 1. The molecule has 1 heterocycles. The molecule has 0 unspecified atom stereocenters. The number of hydrogen-bond donors (Lipinski definition) is 1. The van der Waals surface area contributed by atoms with E-state index in [4.69, 9.17) is 9.47 Å². The lowest BCUT2D eigenvalue weighted by molar-refractivity contribution is -0.179. The summed E-state index contributed by atoms with van der Waals surface area (Å²) >= 11 is 0. The van der Waals surface area contributed by atoms with Gasteiger partial charge in [0.25, 0.3) is 0 Å². The van der Waals surface area contributed by atoms with Gasteiger partial charge >= 0.3 is 18.0 Å². The summed E-state index contributed by atoms with van der Waals surface area (Å²) in [7, 11) is 0. The van der Waals surface area contributed by atoms with E-state index in [-0.39, 0.29) is 26.3 Å². The molecule has 0 saturated carbocycles. The van der Waals surface area contributed by atoms with Gasteiger partial charge in [0, 0.05) is 0 Å². The van der Waals surface area contributed by atoms with Crippen molar-refractivity contribution in [1.29, 1.82) is 0 Å². The van der Waals surface area contributed by atoms with Crippen LogP contribution in [0.5, 0.6) is 0 Å². The first-order valence-corrected chi connectivity index (χ1v) is 6.86. The number of ether oxygens (including phenoxy) is 2. The number of esters is 1. The van der Waals surface area contributed by atoms with Crippen LogP contribution in [-0.4, -0.2) is 47.7 Å². The first kappa shape index (κ1) is 15.8. The van der Waals surface area contributed by atoms with Gasteiger partial charge in [-0.15, -0.1) is 0 Å². The van der Waals surface area contributed by atoms with Crippen molar-refractivity contribution in [3.8, 4) is 0 Å². The number of benzene rings is 1. The topological polar surface area (TPSA) is 93.1 Å². The quantitative estimate of drug-likeness (QED) is 0.650. The molecule has 1 aliphatic heterocycles. The highest BCUT2D eigenvalue weighted by Gasteiger charge is 2.59. The third kappa shape index (κ3) is 3.03. The molecule has 1 aliphatic rings. The highest BCUT2D eigenvalue weighted by Crippen LogP contribution is 2.33. The van der Waals surface area contributed by atoms with Crippen LogP contribution in [0.1, 0.15) is 12.5 Å². The van der Waals surface area contributed by atoms with Gasteiger partial charge in [-0.3, -0.25) is 9.59 Å². The maximum Gasteiger partial charge on any atom is 0.410 e. The predicted octanol–water partition coefficient (Wildman–Crippen LogP) is 1.27. The average Bonchev–Trinajstić information content (AvgIpc) is 2.45. The highest BCUT2D eigenvalue weighted by molar-refractivity contribution is 6.02. The summed E-state index contributed by atoms with van der Waals surface area (Å²) in [6, 6.07) is 9.11. The minimum atomic E-state index is -1.68. The fraction of sp³-hybridized carbons (Fsp3) is 0.400. The molecule has 0 aliphatic carbocycles. The Hall–Kier alpha value is -2.57. The van der Waals surface area contributed by atoms with Crippen molar-refractivity contribution < 1.29 is 29.0 Å². The van der Waals surface area contributed by atoms with Crippen molar-refractivity contribution in [2.45, 2.75) is 13.5 Å². The summed E-state index contributed by atoms with van der Waals surface area (Å²) in [5.74, 6) is -2.12. The van der Waals surface area contributed by atoms with Gasteiger partial charge in [0.15, 0.2) is 5.41 Å². The second-order valence-corrected chi connectivity index (χ2v) is 5.00. The van der Waals surface area contributed by atoms with Crippen molar-refractivity contribution in [1.82, 2.24) is 4.90 Å². The van der Waals surface area contributed by atoms with Crippen molar-refractivity contribution in [3.05, 3.63) is 35.9 Å². The Labute approximate surface area is 127 Å². The Morgan fingerprint density at radius 1 is 1.18 bits per heavy atom. The van der Waals surface area contributed by atoms with Crippen LogP contribution in [0.3, 0.4) is 0 Å². The molecule has 1 saturated heterocycles. The van der Waals surface area contributed by atoms with E-state index in [1.165, 1.54) is 4.90 Å². The molecule has 1 aromatic carbocycles. The summed E-state index contributed by atoms with van der Waals surface area (Å²) in [6.07, 6.45) is -0.648. The van der Waals surface area contributed by atoms with Crippen LogP contribution in [0.4, 0.5) is 4.79 Å². The van der Waals surface area contributed by atoms with Crippen LogP contribution in [0.15, 0.2) is 30.3 Å². The first-order valence-electron chi connectivity index (χ1n) is 6.86. The molecule has 2 rings (SSSR count). The van der Waals surface area contributed by atoms with Gasteiger partial charge in [-0.05, 0) is 12.5 Å². The molecule has 118 valence electrons. The maximum absolute atomic E-state index is 11.8. The number of rotatable bonds is 5. The maximum atomic E-state index is 11.8. The van der Waals surface area contributed by atoms with Crippen LogP contribution < -0.4 is 0 Å². The molecule has 0 atom stereocenters. The van der Waals surface area contributed by atoms with Gasteiger partial charge in [-0.2, -0.15) is 0 Å². The standard InChI is InChI=1S/C15H17NO6/c1-2-21-13(19)15(12(17)18)9-16(10-15)14(20)22-8-11-6-4-3-5-7-11/h3-7H,2,8-10H2,1H3,(H,17,18). The summed E-state index contributed by atoms with van der Waals surface area (Å²) < 4.78 is 9.86. The lowest BCUT2D eigenvalue weighted by Gasteiger charge is -2.43. The molecule has 22 heavy (non-hydrogen) atoms. The molecule has 0 bridgehead atoms. The lowest BCUT2D eigenvalue weighted by Crippen LogP contribution is -2.66. The van der Waals surface area contributed by atoms with Gasteiger partial charge in [0.2, 0.25) is 0 Å². The first-order chi connectivity index (χ1) is 10.5. The average molecular weight is 307 g/mol. The van der Waals surface area contributed by atoms with E-state index in [9.17, 15) is 19.5 Å². The van der Waals surface area contributed by atoms with Crippen LogP contribution in [0, 0.1) is 5.41 Å². The zero-order valence-corrected chi connectivity index (χ0v) is 12.2. The Balaban J connectivity index is 1.89. The zero-order valence-electron chi connectivity index (χ0n) is 12.2. The summed E-state index contributed by atoms with van der Waals surface area (Å²) in [4.78, 5) is 36.1. The van der Waals surface area contributed by atoms with E-state index in [0.29, 0.717) is 0 Å². The summed E-state index contributed by atoms with van der Waals surface area (Å²) in [6.45, 7) is 1.30. The number of aliphatic carboxylic acids is 1. The number of likely N-dealkylation sites (tertiary alicyclic amines) is 1. The molecule has 1 aromatic rings. The van der Waals surface area contributed by atoms with Crippen molar-refractivity contribution >= 4 is 18.0 Å². The predicted molar refractivity (Wildman–Crippen MR) is 74.9 cm³/mol. The van der Waals surface area contributed by atoms with E-state index in [0.717, 1.165) is 5.56 Å². The second-order valence-electron chi connectivity index (χ2n) is 5.00.